The van der Waals surface area contributed by atoms with Crippen molar-refractivity contribution < 1.29 is 9.21 Å². The van der Waals surface area contributed by atoms with Gasteiger partial charge in [0.25, 0.3) is 0 Å². The van der Waals surface area contributed by atoms with Gasteiger partial charge in [-0.25, -0.2) is 0 Å². The van der Waals surface area contributed by atoms with Gasteiger partial charge in [-0.05, 0) is 12.8 Å². The zero-order chi connectivity index (χ0) is 12.8. The van der Waals surface area contributed by atoms with Gasteiger partial charge in [0, 0.05) is 13.5 Å². The topological polar surface area (TPSA) is 80.0 Å². The number of aryl methyl sites for hydroxylation is 1. The Balaban J connectivity index is 2.29. The molecule has 0 aliphatic carbocycles. The summed E-state index contributed by atoms with van der Waals surface area (Å²) in [7, 11) is 0. The molecular formula is C11H20N4O2. The first-order valence-corrected chi connectivity index (χ1v) is 5.79. The van der Waals surface area contributed by atoms with E-state index in [0.29, 0.717) is 30.8 Å². The lowest BCUT2D eigenvalue weighted by atomic mass is 10.2. The van der Waals surface area contributed by atoms with Crippen LogP contribution in [0.1, 0.15) is 32.6 Å². The van der Waals surface area contributed by atoms with E-state index in [4.69, 9.17) is 4.42 Å². The standard InChI is InChI=1S/C11H20N4O2/c1-7(2)5-13-11(16)8(3)12-6-10-15-14-9(4)17-10/h7-8,12H,5-6H2,1-4H3,(H,13,16). The van der Waals surface area contributed by atoms with E-state index < -0.39 is 0 Å². The number of amides is 1. The van der Waals surface area contributed by atoms with Crippen LogP contribution in [0.25, 0.3) is 0 Å². The molecule has 0 bridgehead atoms. The molecule has 1 rings (SSSR count). The Morgan fingerprint density at radius 3 is 2.59 bits per heavy atom. The molecule has 6 nitrogen and oxygen atoms in total. The summed E-state index contributed by atoms with van der Waals surface area (Å²) < 4.78 is 5.20. The van der Waals surface area contributed by atoms with Crippen LogP contribution < -0.4 is 10.6 Å². The maximum absolute atomic E-state index is 11.6. The van der Waals surface area contributed by atoms with Crippen LogP contribution in [-0.4, -0.2) is 28.7 Å². The second kappa shape index (κ2) is 6.34. The van der Waals surface area contributed by atoms with Crippen LogP contribution in [-0.2, 0) is 11.3 Å². The minimum atomic E-state index is -0.277. The molecule has 1 heterocycles. The second-order valence-electron chi connectivity index (χ2n) is 4.46. The number of aromatic nitrogens is 2. The zero-order valence-electron chi connectivity index (χ0n) is 10.8. The lowest BCUT2D eigenvalue weighted by molar-refractivity contribution is -0.122. The lowest BCUT2D eigenvalue weighted by Gasteiger charge is -2.13. The fraction of sp³-hybridized carbons (Fsp3) is 0.727. The van der Waals surface area contributed by atoms with Gasteiger partial charge in [-0.3, -0.25) is 10.1 Å². The highest BCUT2D eigenvalue weighted by Crippen LogP contribution is 1.97. The van der Waals surface area contributed by atoms with Gasteiger partial charge in [-0.2, -0.15) is 0 Å². The maximum Gasteiger partial charge on any atom is 0.236 e. The van der Waals surface area contributed by atoms with E-state index in [1.807, 2.05) is 0 Å². The molecule has 0 aromatic carbocycles. The predicted octanol–water partition coefficient (Wildman–Crippen LogP) is 0.628. The first-order valence-electron chi connectivity index (χ1n) is 5.79. The van der Waals surface area contributed by atoms with Gasteiger partial charge in [0.15, 0.2) is 0 Å². The van der Waals surface area contributed by atoms with Crippen molar-refractivity contribution in [3.05, 3.63) is 11.8 Å². The van der Waals surface area contributed by atoms with Crippen molar-refractivity contribution in [3.63, 3.8) is 0 Å². The Kier molecular flexibility index (Phi) is 5.09. The Morgan fingerprint density at radius 2 is 2.06 bits per heavy atom. The third kappa shape index (κ3) is 4.95. The number of hydrogen-bond acceptors (Lipinski definition) is 5. The van der Waals surface area contributed by atoms with Crippen LogP contribution in [0, 0.1) is 12.8 Å². The van der Waals surface area contributed by atoms with E-state index in [1.54, 1.807) is 13.8 Å². The number of hydrogen-bond donors (Lipinski definition) is 2. The first-order chi connectivity index (χ1) is 7.99. The average Bonchev–Trinajstić information content (AvgIpc) is 2.68. The van der Waals surface area contributed by atoms with Gasteiger partial charge < -0.3 is 9.73 Å². The molecule has 2 N–H and O–H groups in total. The molecule has 0 aliphatic rings. The van der Waals surface area contributed by atoms with Crippen LogP contribution in [0.3, 0.4) is 0 Å². The van der Waals surface area contributed by atoms with Crippen LogP contribution in [0.4, 0.5) is 0 Å². The summed E-state index contributed by atoms with van der Waals surface area (Å²) in [5.41, 5.74) is 0. The molecule has 1 aromatic heterocycles. The highest BCUT2D eigenvalue weighted by Gasteiger charge is 2.13. The monoisotopic (exact) mass is 240 g/mol. The van der Waals surface area contributed by atoms with E-state index in [0.717, 1.165) is 0 Å². The van der Waals surface area contributed by atoms with E-state index in [1.165, 1.54) is 0 Å². The second-order valence-corrected chi connectivity index (χ2v) is 4.46. The molecule has 96 valence electrons. The van der Waals surface area contributed by atoms with Crippen LogP contribution in [0.5, 0.6) is 0 Å². The van der Waals surface area contributed by atoms with Crippen molar-refractivity contribution in [3.8, 4) is 0 Å². The third-order valence-corrected chi connectivity index (χ3v) is 2.21. The van der Waals surface area contributed by atoms with Gasteiger partial charge in [-0.1, -0.05) is 13.8 Å². The molecule has 1 aromatic rings. The van der Waals surface area contributed by atoms with E-state index in [-0.39, 0.29) is 11.9 Å². The summed E-state index contributed by atoms with van der Waals surface area (Å²) in [5.74, 6) is 1.45. The van der Waals surface area contributed by atoms with E-state index in [2.05, 4.69) is 34.7 Å². The van der Waals surface area contributed by atoms with Crippen molar-refractivity contribution in [2.24, 2.45) is 5.92 Å². The molecule has 0 fully saturated rings. The molecule has 0 radical (unpaired) electrons. The van der Waals surface area contributed by atoms with Crippen molar-refractivity contribution >= 4 is 5.91 Å². The minimum absolute atomic E-state index is 0.0186. The molecule has 1 amide bonds. The minimum Gasteiger partial charge on any atom is -0.424 e. The van der Waals surface area contributed by atoms with Gasteiger partial charge in [0.2, 0.25) is 17.7 Å². The fourth-order valence-corrected chi connectivity index (χ4v) is 1.20. The van der Waals surface area contributed by atoms with Crippen molar-refractivity contribution in [2.45, 2.75) is 40.3 Å². The highest BCUT2D eigenvalue weighted by molar-refractivity contribution is 5.81. The third-order valence-electron chi connectivity index (χ3n) is 2.21. The average molecular weight is 240 g/mol. The largest absolute Gasteiger partial charge is 0.424 e. The number of carbonyl (C=O) groups is 1. The van der Waals surface area contributed by atoms with E-state index >= 15 is 0 Å². The number of nitrogens with zero attached hydrogens (tertiary/aromatic N) is 2. The van der Waals surface area contributed by atoms with Crippen molar-refractivity contribution in [2.75, 3.05) is 6.54 Å². The quantitative estimate of drug-likeness (QED) is 0.762. The molecule has 6 heteroatoms. The van der Waals surface area contributed by atoms with Crippen LogP contribution in [0.2, 0.25) is 0 Å². The number of carbonyl (C=O) groups excluding carboxylic acids is 1. The molecule has 1 unspecified atom stereocenters. The van der Waals surface area contributed by atoms with Gasteiger partial charge in [0.05, 0.1) is 12.6 Å². The fourth-order valence-electron chi connectivity index (χ4n) is 1.20. The first kappa shape index (κ1) is 13.6. The normalized spacial score (nSPS) is 12.8. The Labute approximate surface area is 101 Å². The lowest BCUT2D eigenvalue weighted by Crippen LogP contribution is -2.43. The molecule has 0 aliphatic heterocycles. The predicted molar refractivity (Wildman–Crippen MR) is 63.2 cm³/mol. The van der Waals surface area contributed by atoms with Gasteiger partial charge in [-0.15, -0.1) is 10.2 Å². The molecule has 1 atom stereocenters. The van der Waals surface area contributed by atoms with Crippen molar-refractivity contribution in [1.82, 2.24) is 20.8 Å². The Morgan fingerprint density at radius 1 is 1.35 bits per heavy atom. The Bertz CT molecular complexity index is 362. The number of rotatable bonds is 6. The van der Waals surface area contributed by atoms with Crippen LogP contribution >= 0.6 is 0 Å². The van der Waals surface area contributed by atoms with Crippen molar-refractivity contribution in [1.29, 1.82) is 0 Å². The summed E-state index contributed by atoms with van der Waals surface area (Å²) >= 11 is 0. The van der Waals surface area contributed by atoms with Crippen LogP contribution in [0.15, 0.2) is 4.42 Å². The van der Waals surface area contributed by atoms with E-state index in [9.17, 15) is 4.79 Å². The van der Waals surface area contributed by atoms with Gasteiger partial charge in [0.1, 0.15) is 0 Å². The summed E-state index contributed by atoms with van der Waals surface area (Å²) in [6, 6.07) is -0.277. The highest BCUT2D eigenvalue weighted by atomic mass is 16.4. The zero-order valence-corrected chi connectivity index (χ0v) is 10.8. The number of nitrogens with one attached hydrogen (secondary N) is 2. The summed E-state index contributed by atoms with van der Waals surface area (Å²) in [5, 5.41) is 13.4. The molecule has 17 heavy (non-hydrogen) atoms. The Hall–Kier alpha value is -1.43. The van der Waals surface area contributed by atoms with Gasteiger partial charge >= 0.3 is 0 Å². The maximum atomic E-state index is 11.6. The molecule has 0 saturated carbocycles. The SMILES string of the molecule is Cc1nnc(CNC(C)C(=O)NCC(C)C)o1. The summed E-state index contributed by atoms with van der Waals surface area (Å²) in [4.78, 5) is 11.6. The molecule has 0 saturated heterocycles. The smallest absolute Gasteiger partial charge is 0.236 e. The summed E-state index contributed by atoms with van der Waals surface area (Å²) in [6.45, 7) is 8.73. The summed E-state index contributed by atoms with van der Waals surface area (Å²) in [6.07, 6.45) is 0. The molecule has 0 spiro atoms. The molecular weight excluding hydrogens is 220 g/mol.